The summed E-state index contributed by atoms with van der Waals surface area (Å²) in [6.45, 7) is 6.73. The summed E-state index contributed by atoms with van der Waals surface area (Å²) in [4.78, 5) is 2.58. The average molecular weight is 182 g/mol. The minimum atomic E-state index is 0.655. The van der Waals surface area contributed by atoms with Gasteiger partial charge in [-0.05, 0) is 18.3 Å². The predicted molar refractivity (Wildman–Crippen MR) is 50.7 cm³/mol. The van der Waals surface area contributed by atoms with Gasteiger partial charge in [-0.25, -0.2) is 0 Å². The minimum absolute atomic E-state index is 0.655. The van der Waals surface area contributed by atoms with Crippen LogP contribution in [0.2, 0.25) is 0 Å². The average Bonchev–Trinajstić information content (AvgIpc) is 2.65. The summed E-state index contributed by atoms with van der Waals surface area (Å²) in [5.41, 5.74) is 0.655. The smallest absolute Gasteiger partial charge is 0.0594 e. The van der Waals surface area contributed by atoms with E-state index < -0.39 is 0 Å². The zero-order valence-corrected chi connectivity index (χ0v) is 8.09. The maximum absolute atomic E-state index is 5.35. The number of hydrogen-bond donors (Lipinski definition) is 1. The SMILES string of the molecule is C1CN(CC23CNC(C2)C3)CCO1. The van der Waals surface area contributed by atoms with Gasteiger partial charge in [0.1, 0.15) is 0 Å². The Kier molecular flexibility index (Phi) is 1.86. The van der Waals surface area contributed by atoms with E-state index in [9.17, 15) is 0 Å². The van der Waals surface area contributed by atoms with Crippen LogP contribution in [0.5, 0.6) is 0 Å². The van der Waals surface area contributed by atoms with Crippen molar-refractivity contribution in [2.75, 3.05) is 39.4 Å². The van der Waals surface area contributed by atoms with E-state index in [4.69, 9.17) is 4.74 Å². The third kappa shape index (κ3) is 1.39. The first-order chi connectivity index (χ1) is 6.36. The lowest BCUT2D eigenvalue weighted by Crippen LogP contribution is -2.47. The summed E-state index contributed by atoms with van der Waals surface area (Å²) in [6, 6.07) is 0.862. The molecule has 1 N–H and O–H groups in total. The zero-order chi connectivity index (χ0) is 8.73. The largest absolute Gasteiger partial charge is 0.379 e. The van der Waals surface area contributed by atoms with Crippen molar-refractivity contribution in [1.82, 2.24) is 10.2 Å². The summed E-state index contributed by atoms with van der Waals surface area (Å²) in [5.74, 6) is 0. The van der Waals surface area contributed by atoms with E-state index in [1.165, 1.54) is 25.9 Å². The molecule has 1 aliphatic carbocycles. The van der Waals surface area contributed by atoms with Gasteiger partial charge in [0.2, 0.25) is 0 Å². The molecule has 3 saturated heterocycles. The second kappa shape index (κ2) is 2.94. The third-order valence-electron chi connectivity index (χ3n) is 3.79. The molecular weight excluding hydrogens is 164 g/mol. The van der Waals surface area contributed by atoms with E-state index in [0.717, 1.165) is 32.3 Å². The summed E-state index contributed by atoms with van der Waals surface area (Å²) in [6.07, 6.45) is 2.84. The van der Waals surface area contributed by atoms with Crippen LogP contribution in [0.15, 0.2) is 0 Å². The number of hydrogen-bond acceptors (Lipinski definition) is 3. The highest BCUT2D eigenvalue weighted by Gasteiger charge is 2.50. The fraction of sp³-hybridized carbons (Fsp3) is 1.00. The molecule has 3 nitrogen and oxygen atoms in total. The van der Waals surface area contributed by atoms with Crippen LogP contribution >= 0.6 is 0 Å². The van der Waals surface area contributed by atoms with Crippen molar-refractivity contribution < 1.29 is 4.74 Å². The van der Waals surface area contributed by atoms with E-state index in [-0.39, 0.29) is 0 Å². The van der Waals surface area contributed by atoms with Crippen LogP contribution < -0.4 is 5.32 Å². The molecule has 3 heteroatoms. The van der Waals surface area contributed by atoms with Crippen LogP contribution in [-0.2, 0) is 4.74 Å². The lowest BCUT2D eigenvalue weighted by atomic mass is 9.70. The standard InChI is InChI=1S/C10H18N2O/c1-3-13-4-2-12(1)8-10-5-9(6-10)11-7-10/h9,11H,1-8H2. The minimum Gasteiger partial charge on any atom is -0.379 e. The number of nitrogens with one attached hydrogen (secondary N) is 1. The molecule has 0 aromatic heterocycles. The van der Waals surface area contributed by atoms with Gasteiger partial charge in [0.15, 0.2) is 0 Å². The molecule has 4 rings (SSSR count). The number of rotatable bonds is 2. The topological polar surface area (TPSA) is 24.5 Å². The highest BCUT2D eigenvalue weighted by atomic mass is 16.5. The summed E-state index contributed by atoms with van der Waals surface area (Å²) in [7, 11) is 0. The van der Waals surface area contributed by atoms with Crippen LogP contribution in [0.3, 0.4) is 0 Å². The van der Waals surface area contributed by atoms with Crippen LogP contribution in [0.1, 0.15) is 12.8 Å². The predicted octanol–water partition coefficient (Wildman–Crippen LogP) is 0.0706. The molecule has 13 heavy (non-hydrogen) atoms. The number of morpholine rings is 1. The maximum atomic E-state index is 5.35. The first-order valence-corrected chi connectivity index (χ1v) is 5.40. The van der Waals surface area contributed by atoms with Gasteiger partial charge in [-0.3, -0.25) is 4.90 Å². The molecule has 2 bridgehead atoms. The lowest BCUT2D eigenvalue weighted by molar-refractivity contribution is 0.00800. The molecular formula is C10H18N2O. The van der Waals surface area contributed by atoms with Crippen molar-refractivity contribution in [2.45, 2.75) is 18.9 Å². The van der Waals surface area contributed by atoms with E-state index in [1.807, 2.05) is 0 Å². The first kappa shape index (κ1) is 8.21. The lowest BCUT2D eigenvalue weighted by Gasteiger charge is -2.42. The van der Waals surface area contributed by atoms with Crippen molar-refractivity contribution in [3.8, 4) is 0 Å². The molecule has 4 aliphatic rings. The maximum Gasteiger partial charge on any atom is 0.0594 e. The molecule has 0 amide bonds. The van der Waals surface area contributed by atoms with Gasteiger partial charge >= 0.3 is 0 Å². The van der Waals surface area contributed by atoms with Crippen molar-refractivity contribution in [1.29, 1.82) is 0 Å². The normalized spacial score (nSPS) is 44.8. The fourth-order valence-electron chi connectivity index (χ4n) is 3.05. The van der Waals surface area contributed by atoms with Gasteiger partial charge < -0.3 is 10.1 Å². The van der Waals surface area contributed by atoms with Crippen molar-refractivity contribution in [3.05, 3.63) is 0 Å². The Labute approximate surface area is 79.4 Å². The molecule has 3 heterocycles. The summed E-state index contributed by atoms with van der Waals surface area (Å²) < 4.78 is 5.35. The van der Waals surface area contributed by atoms with Gasteiger partial charge in [0.05, 0.1) is 13.2 Å². The van der Waals surface area contributed by atoms with E-state index in [2.05, 4.69) is 10.2 Å². The molecule has 0 spiro atoms. The Morgan fingerprint density at radius 2 is 2.08 bits per heavy atom. The third-order valence-corrected chi connectivity index (χ3v) is 3.79. The van der Waals surface area contributed by atoms with Gasteiger partial charge in [-0.15, -0.1) is 0 Å². The molecule has 0 atom stereocenters. The van der Waals surface area contributed by atoms with Crippen molar-refractivity contribution in [3.63, 3.8) is 0 Å². The van der Waals surface area contributed by atoms with Gasteiger partial charge in [0.25, 0.3) is 0 Å². The van der Waals surface area contributed by atoms with E-state index >= 15 is 0 Å². The fourth-order valence-corrected chi connectivity index (χ4v) is 3.05. The first-order valence-electron chi connectivity index (χ1n) is 5.40. The van der Waals surface area contributed by atoms with Crippen LogP contribution in [0.4, 0.5) is 0 Å². The van der Waals surface area contributed by atoms with Crippen LogP contribution in [0.25, 0.3) is 0 Å². The second-order valence-corrected chi connectivity index (χ2v) is 4.87. The monoisotopic (exact) mass is 182 g/mol. The highest BCUT2D eigenvalue weighted by Crippen LogP contribution is 2.46. The molecule has 0 radical (unpaired) electrons. The Balaban J connectivity index is 1.56. The molecule has 0 aromatic rings. The van der Waals surface area contributed by atoms with E-state index in [0.29, 0.717) is 5.41 Å². The Morgan fingerprint density at radius 1 is 1.31 bits per heavy atom. The second-order valence-electron chi connectivity index (χ2n) is 4.87. The number of ether oxygens (including phenoxy) is 1. The Hall–Kier alpha value is -0.120. The quantitative estimate of drug-likeness (QED) is 0.654. The zero-order valence-electron chi connectivity index (χ0n) is 8.09. The molecule has 1 saturated carbocycles. The number of fused-ring (bicyclic) bond motifs is 1. The van der Waals surface area contributed by atoms with Crippen molar-refractivity contribution in [2.24, 2.45) is 5.41 Å². The van der Waals surface area contributed by atoms with Gasteiger partial charge in [-0.1, -0.05) is 0 Å². The molecule has 74 valence electrons. The van der Waals surface area contributed by atoms with E-state index in [1.54, 1.807) is 0 Å². The van der Waals surface area contributed by atoms with Crippen molar-refractivity contribution >= 4 is 0 Å². The highest BCUT2D eigenvalue weighted by molar-refractivity contribution is 5.07. The summed E-state index contributed by atoms with van der Waals surface area (Å²) >= 11 is 0. The molecule has 0 aromatic carbocycles. The van der Waals surface area contributed by atoms with Gasteiger partial charge in [-0.2, -0.15) is 0 Å². The van der Waals surface area contributed by atoms with Crippen LogP contribution in [-0.4, -0.2) is 50.3 Å². The molecule has 3 aliphatic heterocycles. The Morgan fingerprint density at radius 3 is 2.69 bits per heavy atom. The number of nitrogens with zero attached hydrogens (tertiary/aromatic N) is 1. The van der Waals surface area contributed by atoms with Gasteiger partial charge in [0, 0.05) is 32.2 Å². The molecule has 4 fully saturated rings. The Bertz CT molecular complexity index is 190. The summed E-state index contributed by atoms with van der Waals surface area (Å²) in [5, 5.41) is 3.57. The van der Waals surface area contributed by atoms with Crippen LogP contribution in [0, 0.1) is 5.41 Å². The molecule has 0 unspecified atom stereocenters.